The average molecular weight is 139 g/mol. The van der Waals surface area contributed by atoms with Gasteiger partial charge in [-0.05, 0) is 17.7 Å². The minimum absolute atomic E-state index is 0.0200. The molecule has 0 aliphatic rings. The fourth-order valence-corrected chi connectivity index (χ4v) is 0.688. The van der Waals surface area contributed by atoms with E-state index in [0.717, 1.165) is 0 Å². The fourth-order valence-electron chi connectivity index (χ4n) is 0.688. The summed E-state index contributed by atoms with van der Waals surface area (Å²) in [6, 6.07) is 4.66. The highest BCUT2D eigenvalue weighted by Gasteiger charge is 1.95. The van der Waals surface area contributed by atoms with Gasteiger partial charge in [0.15, 0.2) is 0 Å². The summed E-state index contributed by atoms with van der Waals surface area (Å²) in [6.45, 7) is -0.0756. The molecule has 54 valence electrons. The van der Waals surface area contributed by atoms with Crippen LogP contribution in [0.1, 0.15) is 5.56 Å². The summed E-state index contributed by atoms with van der Waals surface area (Å²) in [4.78, 5) is 0. The maximum atomic E-state index is 9.00. The molecule has 3 heteroatoms. The first-order valence-electron chi connectivity index (χ1n) is 2.92. The Morgan fingerprint density at radius 3 is 2.60 bits per heavy atom. The van der Waals surface area contributed by atoms with Gasteiger partial charge in [-0.3, -0.25) is 0 Å². The van der Waals surface area contributed by atoms with Crippen molar-refractivity contribution < 1.29 is 10.2 Å². The van der Waals surface area contributed by atoms with E-state index in [2.05, 4.69) is 0 Å². The molecule has 0 radical (unpaired) electrons. The first kappa shape index (κ1) is 6.89. The topological polar surface area (TPSA) is 66.5 Å². The molecule has 0 heterocycles. The molecule has 0 atom stereocenters. The molecule has 4 N–H and O–H groups in total. The quantitative estimate of drug-likeness (QED) is 0.391. The van der Waals surface area contributed by atoms with E-state index in [0.29, 0.717) is 11.3 Å². The van der Waals surface area contributed by atoms with Crippen molar-refractivity contribution in [3.05, 3.63) is 23.8 Å². The lowest BCUT2D eigenvalue weighted by Gasteiger charge is -1.99. The van der Waals surface area contributed by atoms with Crippen LogP contribution in [0, 0.1) is 0 Å². The van der Waals surface area contributed by atoms with E-state index >= 15 is 0 Å². The third-order valence-electron chi connectivity index (χ3n) is 1.28. The Labute approximate surface area is 58.7 Å². The minimum Gasteiger partial charge on any atom is -0.506 e. The summed E-state index contributed by atoms with van der Waals surface area (Å²) in [5, 5.41) is 17.6. The van der Waals surface area contributed by atoms with Crippen LogP contribution < -0.4 is 5.73 Å². The van der Waals surface area contributed by atoms with Gasteiger partial charge < -0.3 is 15.9 Å². The summed E-state index contributed by atoms with van der Waals surface area (Å²) in [6.07, 6.45) is 0. The van der Waals surface area contributed by atoms with Crippen molar-refractivity contribution in [2.45, 2.75) is 6.61 Å². The van der Waals surface area contributed by atoms with Crippen LogP contribution in [0.5, 0.6) is 5.75 Å². The molecule has 10 heavy (non-hydrogen) atoms. The molecule has 0 saturated carbocycles. The third kappa shape index (κ3) is 1.19. The molecule has 0 bridgehead atoms. The number of hydrogen-bond donors (Lipinski definition) is 3. The van der Waals surface area contributed by atoms with Crippen LogP contribution in [0.4, 0.5) is 5.69 Å². The van der Waals surface area contributed by atoms with Crippen LogP contribution in [0.25, 0.3) is 0 Å². The maximum Gasteiger partial charge on any atom is 0.138 e. The van der Waals surface area contributed by atoms with Gasteiger partial charge in [0.2, 0.25) is 0 Å². The van der Waals surface area contributed by atoms with Crippen molar-refractivity contribution in [1.29, 1.82) is 0 Å². The third-order valence-corrected chi connectivity index (χ3v) is 1.28. The number of hydrogen-bond acceptors (Lipinski definition) is 3. The minimum atomic E-state index is -0.0756. The van der Waals surface area contributed by atoms with E-state index in [1.807, 2.05) is 0 Å². The monoisotopic (exact) mass is 139 g/mol. The molecule has 0 amide bonds. The van der Waals surface area contributed by atoms with Crippen molar-refractivity contribution in [3.8, 4) is 5.75 Å². The zero-order valence-electron chi connectivity index (χ0n) is 5.41. The van der Waals surface area contributed by atoms with Crippen LogP contribution in [0.3, 0.4) is 0 Å². The molecule has 1 rings (SSSR count). The molecule has 1 aromatic carbocycles. The van der Waals surface area contributed by atoms with Crippen molar-refractivity contribution >= 4 is 5.69 Å². The van der Waals surface area contributed by atoms with Gasteiger partial charge in [0.05, 0.1) is 12.3 Å². The Morgan fingerprint density at radius 1 is 1.40 bits per heavy atom. The summed E-state index contributed by atoms with van der Waals surface area (Å²) in [5.74, 6) is 0.0200. The number of nitrogen functional groups attached to an aromatic ring is 1. The fraction of sp³-hybridized carbons (Fsp3) is 0.143. The van der Waals surface area contributed by atoms with E-state index in [-0.39, 0.29) is 12.4 Å². The standard InChI is InChI=1S/C7H9NO2/c8-6-2-1-5(4-9)3-7(6)10/h1-3,9-10H,4,8H2. The van der Waals surface area contributed by atoms with Gasteiger partial charge in [-0.1, -0.05) is 6.07 Å². The largest absolute Gasteiger partial charge is 0.506 e. The summed E-state index contributed by atoms with van der Waals surface area (Å²) in [5.41, 5.74) is 6.30. The van der Waals surface area contributed by atoms with Crippen LogP contribution in [-0.4, -0.2) is 10.2 Å². The highest BCUT2D eigenvalue weighted by Crippen LogP contribution is 2.20. The second kappa shape index (κ2) is 2.58. The Morgan fingerprint density at radius 2 is 2.10 bits per heavy atom. The molecule has 0 aliphatic carbocycles. The van der Waals surface area contributed by atoms with E-state index in [9.17, 15) is 0 Å². The number of rotatable bonds is 1. The number of aliphatic hydroxyl groups excluding tert-OH is 1. The first-order valence-corrected chi connectivity index (χ1v) is 2.92. The van der Waals surface area contributed by atoms with Crippen LogP contribution in [0.2, 0.25) is 0 Å². The van der Waals surface area contributed by atoms with Gasteiger partial charge in [0, 0.05) is 0 Å². The van der Waals surface area contributed by atoms with E-state index in [1.54, 1.807) is 12.1 Å². The zero-order valence-corrected chi connectivity index (χ0v) is 5.41. The Balaban J connectivity index is 3.04. The van der Waals surface area contributed by atoms with Crippen LogP contribution in [-0.2, 0) is 6.61 Å². The normalized spacial score (nSPS) is 9.70. The number of phenols is 1. The lowest BCUT2D eigenvalue weighted by Crippen LogP contribution is -1.87. The number of aromatic hydroxyl groups is 1. The summed E-state index contributed by atoms with van der Waals surface area (Å²) >= 11 is 0. The van der Waals surface area contributed by atoms with Gasteiger partial charge in [0.25, 0.3) is 0 Å². The van der Waals surface area contributed by atoms with Crippen molar-refractivity contribution in [1.82, 2.24) is 0 Å². The van der Waals surface area contributed by atoms with Crippen molar-refractivity contribution in [2.75, 3.05) is 5.73 Å². The highest BCUT2D eigenvalue weighted by molar-refractivity contribution is 5.52. The summed E-state index contributed by atoms with van der Waals surface area (Å²) in [7, 11) is 0. The van der Waals surface area contributed by atoms with Crippen molar-refractivity contribution in [3.63, 3.8) is 0 Å². The molecule has 1 aromatic rings. The SMILES string of the molecule is Nc1ccc(CO)cc1O. The predicted molar refractivity (Wildman–Crippen MR) is 38.4 cm³/mol. The molecule has 0 fully saturated rings. The molecular formula is C7H9NO2. The number of aliphatic hydroxyl groups is 1. The van der Waals surface area contributed by atoms with Crippen molar-refractivity contribution in [2.24, 2.45) is 0 Å². The number of nitrogens with two attached hydrogens (primary N) is 1. The summed E-state index contributed by atoms with van der Waals surface area (Å²) < 4.78 is 0. The average Bonchev–Trinajstić information content (AvgIpc) is 1.95. The number of phenolic OH excluding ortho intramolecular Hbond substituents is 1. The van der Waals surface area contributed by atoms with E-state index < -0.39 is 0 Å². The molecule has 0 unspecified atom stereocenters. The Kier molecular flexibility index (Phi) is 1.78. The number of anilines is 1. The maximum absolute atomic E-state index is 9.00. The predicted octanol–water partition coefficient (Wildman–Crippen LogP) is 0.467. The van der Waals surface area contributed by atoms with E-state index in [1.165, 1.54) is 6.07 Å². The first-order chi connectivity index (χ1) is 4.74. The Bertz CT molecular complexity index is 235. The Hall–Kier alpha value is -1.22. The van der Waals surface area contributed by atoms with Gasteiger partial charge in [0.1, 0.15) is 5.75 Å². The molecule has 0 aliphatic heterocycles. The smallest absolute Gasteiger partial charge is 0.138 e. The molecule has 3 nitrogen and oxygen atoms in total. The lowest BCUT2D eigenvalue weighted by molar-refractivity contribution is 0.281. The van der Waals surface area contributed by atoms with Gasteiger partial charge >= 0.3 is 0 Å². The van der Waals surface area contributed by atoms with E-state index in [4.69, 9.17) is 15.9 Å². The second-order valence-corrected chi connectivity index (χ2v) is 2.05. The van der Waals surface area contributed by atoms with Gasteiger partial charge in [-0.15, -0.1) is 0 Å². The molecule has 0 aromatic heterocycles. The number of benzene rings is 1. The lowest BCUT2D eigenvalue weighted by atomic mass is 10.2. The second-order valence-electron chi connectivity index (χ2n) is 2.05. The van der Waals surface area contributed by atoms with Crippen LogP contribution >= 0.6 is 0 Å². The highest BCUT2D eigenvalue weighted by atomic mass is 16.3. The molecular weight excluding hydrogens is 130 g/mol. The van der Waals surface area contributed by atoms with Gasteiger partial charge in [-0.25, -0.2) is 0 Å². The van der Waals surface area contributed by atoms with Gasteiger partial charge in [-0.2, -0.15) is 0 Å². The molecule has 0 saturated heterocycles. The molecule has 0 spiro atoms. The zero-order chi connectivity index (χ0) is 7.56. The van der Waals surface area contributed by atoms with Crippen LogP contribution in [0.15, 0.2) is 18.2 Å².